The maximum atomic E-state index is 12.0. The number of benzene rings is 1. The summed E-state index contributed by atoms with van der Waals surface area (Å²) in [5.74, 6) is -0.274. The number of rotatable bonds is 7. The van der Waals surface area contributed by atoms with Crippen LogP contribution in [0, 0.1) is 0 Å². The van der Waals surface area contributed by atoms with Gasteiger partial charge in [0.05, 0.1) is 6.54 Å². The van der Waals surface area contributed by atoms with Crippen molar-refractivity contribution in [1.82, 2.24) is 5.32 Å². The van der Waals surface area contributed by atoms with Crippen molar-refractivity contribution in [2.75, 3.05) is 13.2 Å². The lowest BCUT2D eigenvalue weighted by molar-refractivity contribution is -0.143. The molecule has 2 N–H and O–H groups in total. The van der Waals surface area contributed by atoms with E-state index in [-0.39, 0.29) is 42.3 Å². The third kappa shape index (κ3) is 7.08. The fraction of sp³-hybridized carbons (Fsp3) is 0.545. The first-order valence-corrected chi connectivity index (χ1v) is 9.29. The summed E-state index contributed by atoms with van der Waals surface area (Å²) in [4.78, 5) is 23.0. The summed E-state index contributed by atoms with van der Waals surface area (Å²) in [7, 11) is 0. The molecule has 0 unspecified atom stereocenters. The molecule has 0 aliphatic rings. The van der Waals surface area contributed by atoms with E-state index in [1.54, 1.807) is 0 Å². The summed E-state index contributed by atoms with van der Waals surface area (Å²) in [5.41, 5.74) is 2.35. The Balaban J connectivity index is 2.81. The number of phenolic OH excluding ortho intramolecular Hbond substituents is 1. The van der Waals surface area contributed by atoms with E-state index in [4.69, 9.17) is 4.74 Å². The van der Waals surface area contributed by atoms with E-state index in [9.17, 15) is 14.7 Å². The molecule has 0 aliphatic carbocycles. The average molecular weight is 376 g/mol. The lowest BCUT2D eigenvalue weighted by Gasteiger charge is -2.28. The van der Waals surface area contributed by atoms with Gasteiger partial charge < -0.3 is 15.2 Å². The largest absolute Gasteiger partial charge is 0.507 e. The van der Waals surface area contributed by atoms with Gasteiger partial charge in [0.1, 0.15) is 12.4 Å². The van der Waals surface area contributed by atoms with E-state index in [1.165, 1.54) is 6.08 Å². The Kier molecular flexibility index (Phi) is 7.64. The zero-order valence-electron chi connectivity index (χ0n) is 17.4. The van der Waals surface area contributed by atoms with Crippen LogP contribution in [0.2, 0.25) is 0 Å². The minimum atomic E-state index is -0.314. The molecular formula is C22H33NO4. The van der Waals surface area contributed by atoms with Crippen molar-refractivity contribution in [2.45, 2.75) is 65.2 Å². The first kappa shape index (κ1) is 22.7. The van der Waals surface area contributed by atoms with Crippen molar-refractivity contribution in [2.24, 2.45) is 0 Å². The number of carbonyl (C=O) groups is 2. The summed E-state index contributed by atoms with van der Waals surface area (Å²) < 4.78 is 5.14. The SMILES string of the molecule is C=CC(=O)NCCOC(=O)CCc1cc(C(C)(C)C)c(O)c(C(C)(C)C)c1. The van der Waals surface area contributed by atoms with E-state index in [0.717, 1.165) is 16.7 Å². The first-order valence-electron chi connectivity index (χ1n) is 9.29. The zero-order chi connectivity index (χ0) is 20.8. The number of carbonyl (C=O) groups excluding carboxylic acids is 2. The third-order valence-corrected chi connectivity index (χ3v) is 4.25. The van der Waals surface area contributed by atoms with Crippen molar-refractivity contribution in [3.8, 4) is 5.75 Å². The molecule has 0 bridgehead atoms. The minimum Gasteiger partial charge on any atom is -0.507 e. The number of aromatic hydroxyl groups is 1. The topological polar surface area (TPSA) is 75.6 Å². The summed E-state index contributed by atoms with van der Waals surface area (Å²) in [6, 6.07) is 3.95. The van der Waals surface area contributed by atoms with Gasteiger partial charge in [0.2, 0.25) is 5.91 Å². The number of esters is 1. The molecule has 1 rings (SSSR count). The van der Waals surface area contributed by atoms with Crippen LogP contribution in [0.15, 0.2) is 24.8 Å². The van der Waals surface area contributed by atoms with Gasteiger partial charge in [-0.2, -0.15) is 0 Å². The molecule has 0 saturated carbocycles. The van der Waals surface area contributed by atoms with Crippen LogP contribution in [0.1, 0.15) is 64.7 Å². The third-order valence-electron chi connectivity index (χ3n) is 4.25. The molecule has 5 nitrogen and oxygen atoms in total. The molecule has 27 heavy (non-hydrogen) atoms. The van der Waals surface area contributed by atoms with Crippen LogP contribution in [0.4, 0.5) is 0 Å². The quantitative estimate of drug-likeness (QED) is 0.432. The second-order valence-electron chi connectivity index (χ2n) is 8.76. The molecule has 0 heterocycles. The number of phenols is 1. The predicted octanol–water partition coefficient (Wildman–Crippen LogP) is 3.77. The summed E-state index contributed by atoms with van der Waals surface area (Å²) >= 11 is 0. The van der Waals surface area contributed by atoms with Crippen LogP contribution >= 0.6 is 0 Å². The normalized spacial score (nSPS) is 11.8. The van der Waals surface area contributed by atoms with Gasteiger partial charge in [-0.15, -0.1) is 0 Å². The summed E-state index contributed by atoms with van der Waals surface area (Å²) in [6.45, 7) is 16.1. The van der Waals surface area contributed by atoms with Crippen LogP contribution in [-0.2, 0) is 31.6 Å². The Labute approximate surface area is 162 Å². The second-order valence-corrected chi connectivity index (χ2v) is 8.76. The maximum Gasteiger partial charge on any atom is 0.306 e. The van der Waals surface area contributed by atoms with Crippen LogP contribution in [0.5, 0.6) is 5.75 Å². The molecule has 5 heteroatoms. The van der Waals surface area contributed by atoms with Crippen molar-refractivity contribution in [3.05, 3.63) is 41.5 Å². The Morgan fingerprint density at radius 2 is 1.63 bits per heavy atom. The molecule has 0 spiro atoms. The Morgan fingerprint density at radius 3 is 2.07 bits per heavy atom. The Hall–Kier alpha value is -2.30. The van der Waals surface area contributed by atoms with Gasteiger partial charge in [0, 0.05) is 6.42 Å². The highest BCUT2D eigenvalue weighted by Gasteiger charge is 2.26. The predicted molar refractivity (Wildman–Crippen MR) is 108 cm³/mol. The fourth-order valence-electron chi connectivity index (χ4n) is 2.71. The van der Waals surface area contributed by atoms with E-state index in [1.807, 2.05) is 12.1 Å². The number of amides is 1. The number of hydrogen-bond donors (Lipinski definition) is 2. The monoisotopic (exact) mass is 375 g/mol. The van der Waals surface area contributed by atoms with Gasteiger partial charge in [-0.3, -0.25) is 9.59 Å². The van der Waals surface area contributed by atoms with Gasteiger partial charge in [-0.1, -0.05) is 60.3 Å². The number of aryl methyl sites for hydroxylation is 1. The number of ether oxygens (including phenoxy) is 1. The van der Waals surface area contributed by atoms with Crippen molar-refractivity contribution >= 4 is 11.9 Å². The standard InChI is InChI=1S/C22H33NO4/c1-8-18(24)23-11-12-27-19(25)10-9-15-13-16(21(2,3)4)20(26)17(14-15)22(5,6)7/h8,13-14,26H,1,9-12H2,2-7H3,(H,23,24). The molecule has 1 aromatic rings. The minimum absolute atomic E-state index is 0.133. The van der Waals surface area contributed by atoms with Gasteiger partial charge in [0.25, 0.3) is 0 Å². The van der Waals surface area contributed by atoms with Crippen LogP contribution in [0.25, 0.3) is 0 Å². The molecule has 0 aromatic heterocycles. The smallest absolute Gasteiger partial charge is 0.306 e. The molecule has 0 fully saturated rings. The highest BCUT2D eigenvalue weighted by Crippen LogP contribution is 2.39. The van der Waals surface area contributed by atoms with Gasteiger partial charge in [-0.25, -0.2) is 0 Å². The second kappa shape index (κ2) is 9.07. The van der Waals surface area contributed by atoms with Gasteiger partial charge in [-0.05, 0) is 40.0 Å². The van der Waals surface area contributed by atoms with Crippen molar-refractivity contribution < 1.29 is 19.4 Å². The first-order chi connectivity index (χ1) is 12.4. The Morgan fingerprint density at radius 1 is 1.11 bits per heavy atom. The molecular weight excluding hydrogens is 342 g/mol. The van der Waals surface area contributed by atoms with Crippen LogP contribution in [0.3, 0.4) is 0 Å². The zero-order valence-corrected chi connectivity index (χ0v) is 17.4. The lowest BCUT2D eigenvalue weighted by Crippen LogP contribution is -2.26. The van der Waals surface area contributed by atoms with Gasteiger partial charge in [0.15, 0.2) is 0 Å². The number of nitrogens with one attached hydrogen (secondary N) is 1. The van der Waals surface area contributed by atoms with Gasteiger partial charge >= 0.3 is 5.97 Å². The highest BCUT2D eigenvalue weighted by molar-refractivity contribution is 5.86. The molecule has 1 amide bonds. The lowest BCUT2D eigenvalue weighted by atomic mass is 9.78. The average Bonchev–Trinajstić information content (AvgIpc) is 2.55. The summed E-state index contributed by atoms with van der Waals surface area (Å²) in [5, 5.41) is 13.3. The van der Waals surface area contributed by atoms with Crippen molar-refractivity contribution in [1.29, 1.82) is 0 Å². The fourth-order valence-corrected chi connectivity index (χ4v) is 2.71. The highest BCUT2D eigenvalue weighted by atomic mass is 16.5. The molecule has 0 aliphatic heterocycles. The maximum absolute atomic E-state index is 12.0. The van der Waals surface area contributed by atoms with Crippen LogP contribution < -0.4 is 5.32 Å². The molecule has 1 aromatic carbocycles. The van der Waals surface area contributed by atoms with E-state index >= 15 is 0 Å². The summed E-state index contributed by atoms with van der Waals surface area (Å²) in [6.07, 6.45) is 1.95. The molecule has 150 valence electrons. The number of hydrogen-bond acceptors (Lipinski definition) is 4. The van der Waals surface area contributed by atoms with E-state index < -0.39 is 0 Å². The molecule has 0 radical (unpaired) electrons. The molecule has 0 atom stereocenters. The molecule has 0 saturated heterocycles. The van der Waals surface area contributed by atoms with E-state index in [0.29, 0.717) is 12.2 Å². The van der Waals surface area contributed by atoms with Crippen molar-refractivity contribution in [3.63, 3.8) is 0 Å². The Bertz CT molecular complexity index is 658. The van der Waals surface area contributed by atoms with Crippen LogP contribution in [-0.4, -0.2) is 30.1 Å². The van der Waals surface area contributed by atoms with E-state index in [2.05, 4.69) is 53.4 Å².